The van der Waals surface area contributed by atoms with Gasteiger partial charge >= 0.3 is 15.6 Å². The topological polar surface area (TPSA) is 244 Å². The molecule has 1 saturated carbocycles. The van der Waals surface area contributed by atoms with Gasteiger partial charge in [0.1, 0.15) is 42.7 Å². The van der Waals surface area contributed by atoms with Crippen LogP contribution >= 0.6 is 15.6 Å². The minimum atomic E-state index is -5.25. The lowest BCUT2D eigenvalue weighted by atomic mass is 9.85. The minimum Gasteiger partial charge on any atom is -0.394 e. The molecule has 0 amide bonds. The number of hydrogen-bond donors (Lipinski definition) is 9. The van der Waals surface area contributed by atoms with Crippen molar-refractivity contribution in [2.75, 3.05) is 13.2 Å². The number of aliphatic hydroxyl groups excluding tert-OH is 6. The second-order valence-electron chi connectivity index (χ2n) is 5.19. The first-order chi connectivity index (χ1) is 11.3. The Kier molecular flexibility index (Phi) is 8.08. The minimum absolute atomic E-state index is 0.808. The fraction of sp³-hybridized carbons (Fsp3) is 1.00. The van der Waals surface area contributed by atoms with Gasteiger partial charge in [0.25, 0.3) is 0 Å². The number of aliphatic hydroxyl groups is 6. The SMILES string of the molecule is O=P(O)(O)O[C@@H]1[C@H](O)[C@H](OP(=O)(O)OCC(O)CO)[C@@H](O)[C@H](O)[C@H]1O. The quantitative estimate of drug-likeness (QED) is 0.171. The maximum absolute atomic E-state index is 11.7. The third-order valence-corrected chi connectivity index (χ3v) is 4.70. The molecule has 0 heterocycles. The summed E-state index contributed by atoms with van der Waals surface area (Å²) < 4.78 is 35.5. The maximum Gasteiger partial charge on any atom is 0.472 e. The largest absolute Gasteiger partial charge is 0.472 e. The highest BCUT2D eigenvalue weighted by Crippen LogP contribution is 2.48. The highest BCUT2D eigenvalue weighted by molar-refractivity contribution is 7.47. The Balaban J connectivity index is 2.92. The Morgan fingerprint density at radius 3 is 1.76 bits per heavy atom. The zero-order chi connectivity index (χ0) is 19.6. The van der Waals surface area contributed by atoms with E-state index in [9.17, 15) is 34.4 Å². The Morgan fingerprint density at radius 1 is 0.840 bits per heavy atom. The molecule has 0 radical (unpaired) electrons. The Morgan fingerprint density at radius 2 is 1.32 bits per heavy atom. The Labute approximate surface area is 140 Å². The Hall–Kier alpha value is -0.0200. The summed E-state index contributed by atoms with van der Waals surface area (Å²) in [4.78, 5) is 27.0. The van der Waals surface area contributed by atoms with Crippen molar-refractivity contribution in [1.82, 2.24) is 0 Å². The molecule has 0 spiro atoms. The van der Waals surface area contributed by atoms with E-state index in [-0.39, 0.29) is 0 Å². The van der Waals surface area contributed by atoms with Crippen molar-refractivity contribution in [3.63, 3.8) is 0 Å². The normalized spacial score (nSPS) is 37.5. The molecular formula is C9H20O14P2. The van der Waals surface area contributed by atoms with Gasteiger partial charge in [-0.3, -0.25) is 13.6 Å². The first-order valence-electron chi connectivity index (χ1n) is 6.70. The van der Waals surface area contributed by atoms with Crippen molar-refractivity contribution in [3.05, 3.63) is 0 Å². The summed E-state index contributed by atoms with van der Waals surface area (Å²) in [6.07, 6.45) is -14.6. The summed E-state index contributed by atoms with van der Waals surface area (Å²) in [6.45, 7) is -1.67. The van der Waals surface area contributed by atoms with E-state index in [1.807, 2.05) is 0 Å². The number of phosphoric ester groups is 2. The molecule has 0 bridgehead atoms. The fourth-order valence-corrected chi connectivity index (χ4v) is 3.55. The standard InChI is InChI=1S/C9H20O14P2/c10-1-3(11)2-21-25(19,20)23-9-6(14)4(12)5(13)8(7(9)15)22-24(16,17)18/h3-15H,1-2H2,(H,19,20)(H2,16,17,18)/t3?,4-,5-,6+,7+,8+,9-/m1/s1. The van der Waals surface area contributed by atoms with Crippen LogP contribution in [0.1, 0.15) is 0 Å². The second-order valence-corrected chi connectivity index (χ2v) is 7.79. The van der Waals surface area contributed by atoms with E-state index < -0.39 is 71.6 Å². The molecule has 0 aromatic rings. The van der Waals surface area contributed by atoms with Gasteiger partial charge in [-0.15, -0.1) is 0 Å². The molecule has 0 aromatic heterocycles. The van der Waals surface area contributed by atoms with Gasteiger partial charge in [0, 0.05) is 0 Å². The predicted octanol–water partition coefficient (Wildman–Crippen LogP) is -4.22. The molecule has 0 aromatic carbocycles. The van der Waals surface area contributed by atoms with Gasteiger partial charge < -0.3 is 45.3 Å². The molecule has 1 fully saturated rings. The van der Waals surface area contributed by atoms with Crippen LogP contribution in [0.4, 0.5) is 0 Å². The van der Waals surface area contributed by atoms with Gasteiger partial charge in [-0.05, 0) is 0 Å². The number of rotatable bonds is 8. The molecule has 16 heteroatoms. The van der Waals surface area contributed by atoms with Crippen molar-refractivity contribution in [3.8, 4) is 0 Å². The molecule has 0 aliphatic heterocycles. The molecule has 25 heavy (non-hydrogen) atoms. The van der Waals surface area contributed by atoms with Gasteiger partial charge in [0.15, 0.2) is 0 Å². The molecule has 2 unspecified atom stereocenters. The van der Waals surface area contributed by atoms with Gasteiger partial charge in [-0.2, -0.15) is 0 Å². The van der Waals surface area contributed by atoms with E-state index >= 15 is 0 Å². The average molecular weight is 414 g/mol. The summed E-state index contributed by atoms with van der Waals surface area (Å²) in [5.74, 6) is 0. The van der Waals surface area contributed by atoms with E-state index in [1.165, 1.54) is 0 Å². The van der Waals surface area contributed by atoms with E-state index in [0.29, 0.717) is 0 Å². The van der Waals surface area contributed by atoms with Gasteiger partial charge in [0.05, 0.1) is 13.2 Å². The summed E-state index contributed by atoms with van der Waals surface area (Å²) >= 11 is 0. The van der Waals surface area contributed by atoms with E-state index in [4.69, 9.17) is 20.0 Å². The summed E-state index contributed by atoms with van der Waals surface area (Å²) in [7, 11) is -10.3. The van der Waals surface area contributed by atoms with Gasteiger partial charge in [0.2, 0.25) is 0 Å². The van der Waals surface area contributed by atoms with Crippen LogP contribution < -0.4 is 0 Å². The van der Waals surface area contributed by atoms with Crippen LogP contribution in [0.25, 0.3) is 0 Å². The number of phosphoric acid groups is 2. The molecule has 1 rings (SSSR count). The highest BCUT2D eigenvalue weighted by atomic mass is 31.2. The van der Waals surface area contributed by atoms with Crippen LogP contribution in [0, 0.1) is 0 Å². The molecule has 0 saturated heterocycles. The molecule has 14 nitrogen and oxygen atoms in total. The zero-order valence-electron chi connectivity index (χ0n) is 12.4. The number of hydrogen-bond acceptors (Lipinski definition) is 11. The van der Waals surface area contributed by atoms with Crippen LogP contribution in [-0.2, 0) is 22.7 Å². The molecule has 1 aliphatic rings. The van der Waals surface area contributed by atoms with Crippen LogP contribution in [0.15, 0.2) is 0 Å². The van der Waals surface area contributed by atoms with Crippen LogP contribution in [0.2, 0.25) is 0 Å². The lowest BCUT2D eigenvalue weighted by Crippen LogP contribution is -2.64. The van der Waals surface area contributed by atoms with Crippen molar-refractivity contribution in [1.29, 1.82) is 0 Å². The zero-order valence-corrected chi connectivity index (χ0v) is 14.2. The second kappa shape index (κ2) is 8.78. The average Bonchev–Trinajstić information content (AvgIpc) is 2.50. The lowest BCUT2D eigenvalue weighted by molar-refractivity contribution is -0.216. The smallest absolute Gasteiger partial charge is 0.394 e. The van der Waals surface area contributed by atoms with Crippen LogP contribution in [0.3, 0.4) is 0 Å². The molecular weight excluding hydrogens is 394 g/mol. The molecule has 9 N–H and O–H groups in total. The van der Waals surface area contributed by atoms with Crippen LogP contribution in [0.5, 0.6) is 0 Å². The predicted molar refractivity (Wildman–Crippen MR) is 74.7 cm³/mol. The first kappa shape index (κ1) is 23.0. The maximum atomic E-state index is 11.7. The first-order valence-corrected chi connectivity index (χ1v) is 9.72. The molecule has 150 valence electrons. The summed E-state index contributed by atoms with van der Waals surface area (Å²) in [5, 5.41) is 56.6. The fourth-order valence-electron chi connectivity index (χ4n) is 2.01. The van der Waals surface area contributed by atoms with Gasteiger partial charge in [-0.25, -0.2) is 9.13 Å². The highest BCUT2D eigenvalue weighted by Gasteiger charge is 2.54. The van der Waals surface area contributed by atoms with Crippen LogP contribution in [-0.4, -0.2) is 101 Å². The summed E-state index contributed by atoms with van der Waals surface area (Å²) in [6, 6.07) is 0. The van der Waals surface area contributed by atoms with Crippen molar-refractivity contribution >= 4 is 15.6 Å². The van der Waals surface area contributed by atoms with E-state index in [2.05, 4.69) is 13.6 Å². The third kappa shape index (κ3) is 6.57. The lowest BCUT2D eigenvalue weighted by Gasteiger charge is -2.43. The Bertz CT molecular complexity index is 522. The summed E-state index contributed by atoms with van der Waals surface area (Å²) in [5.41, 5.74) is 0. The molecule has 1 aliphatic carbocycles. The van der Waals surface area contributed by atoms with Gasteiger partial charge in [-0.1, -0.05) is 0 Å². The monoisotopic (exact) mass is 414 g/mol. The van der Waals surface area contributed by atoms with Crippen molar-refractivity contribution in [2.45, 2.75) is 42.7 Å². The van der Waals surface area contributed by atoms with E-state index in [1.54, 1.807) is 0 Å². The van der Waals surface area contributed by atoms with Crippen molar-refractivity contribution < 1.29 is 68.0 Å². The third-order valence-electron chi connectivity index (χ3n) is 3.20. The molecule has 8 atom stereocenters. The van der Waals surface area contributed by atoms with Crippen molar-refractivity contribution in [2.24, 2.45) is 0 Å². The van der Waals surface area contributed by atoms with E-state index in [0.717, 1.165) is 0 Å².